The van der Waals surface area contributed by atoms with Crippen molar-refractivity contribution in [1.82, 2.24) is 5.32 Å². The van der Waals surface area contributed by atoms with Gasteiger partial charge >= 0.3 is 0 Å². The molecular weight excluding hydrogens is 326 g/mol. The van der Waals surface area contributed by atoms with Crippen LogP contribution in [0.3, 0.4) is 0 Å². The summed E-state index contributed by atoms with van der Waals surface area (Å²) >= 11 is 0. The number of ether oxygens (including phenoxy) is 1. The molecule has 158 valence electrons. The molecule has 4 heteroatoms. The van der Waals surface area contributed by atoms with Gasteiger partial charge in [0.05, 0.1) is 6.61 Å². The molecular formula is C22H47NO3. The van der Waals surface area contributed by atoms with E-state index >= 15 is 0 Å². The van der Waals surface area contributed by atoms with Crippen LogP contribution in [0.2, 0.25) is 0 Å². The van der Waals surface area contributed by atoms with E-state index in [0.29, 0.717) is 13.2 Å². The van der Waals surface area contributed by atoms with Gasteiger partial charge in [0.25, 0.3) is 0 Å². The quantitative estimate of drug-likeness (QED) is 0.181. The highest BCUT2D eigenvalue weighted by atomic mass is 16.5. The Kier molecular flexibility index (Phi) is 22.7. The average molecular weight is 374 g/mol. The Hall–Kier alpha value is -0.160. The summed E-state index contributed by atoms with van der Waals surface area (Å²) in [6, 6.07) is 0. The highest BCUT2D eigenvalue weighted by Gasteiger charge is 1.96. The molecule has 0 bridgehead atoms. The van der Waals surface area contributed by atoms with E-state index < -0.39 is 6.29 Å². The number of rotatable bonds is 22. The lowest BCUT2D eigenvalue weighted by Crippen LogP contribution is -2.29. The molecule has 0 aromatic carbocycles. The molecule has 0 atom stereocenters. The monoisotopic (exact) mass is 373 g/mol. The van der Waals surface area contributed by atoms with Gasteiger partial charge < -0.3 is 20.3 Å². The minimum absolute atomic E-state index is 0.211. The van der Waals surface area contributed by atoms with Gasteiger partial charge in [-0.05, 0) is 6.42 Å². The molecule has 0 spiro atoms. The van der Waals surface area contributed by atoms with Gasteiger partial charge in [-0.3, -0.25) is 0 Å². The smallest absolute Gasteiger partial charge is 0.164 e. The third-order valence-electron chi connectivity index (χ3n) is 4.89. The van der Waals surface area contributed by atoms with Gasteiger partial charge in [0.15, 0.2) is 6.29 Å². The second-order valence-corrected chi connectivity index (χ2v) is 7.60. The summed E-state index contributed by atoms with van der Waals surface area (Å²) in [5, 5.41) is 20.2. The lowest BCUT2D eigenvalue weighted by Gasteiger charge is -2.07. The molecule has 0 unspecified atom stereocenters. The van der Waals surface area contributed by atoms with E-state index in [-0.39, 0.29) is 6.54 Å². The summed E-state index contributed by atoms with van der Waals surface area (Å²) in [4.78, 5) is 0. The third-order valence-corrected chi connectivity index (χ3v) is 4.89. The topological polar surface area (TPSA) is 61.7 Å². The summed E-state index contributed by atoms with van der Waals surface area (Å²) in [5.41, 5.74) is 0. The first-order valence-electron chi connectivity index (χ1n) is 11.4. The molecule has 0 aliphatic rings. The standard InChI is InChI=1S/C22H47NO3/c1-2-3-4-5-6-7-8-9-10-11-12-13-14-15-16-17-19-26-20-18-23-21-22(24)25/h22-25H,2-21H2,1H3. The van der Waals surface area contributed by atoms with Crippen LogP contribution in [-0.2, 0) is 4.74 Å². The molecule has 0 amide bonds. The van der Waals surface area contributed by atoms with E-state index in [4.69, 9.17) is 14.9 Å². The number of aliphatic hydroxyl groups excluding tert-OH is 1. The minimum atomic E-state index is -1.27. The normalized spacial score (nSPS) is 11.5. The van der Waals surface area contributed by atoms with Gasteiger partial charge in [-0.25, -0.2) is 0 Å². The minimum Gasteiger partial charge on any atom is -0.380 e. The second kappa shape index (κ2) is 22.9. The molecule has 0 saturated heterocycles. The van der Waals surface area contributed by atoms with E-state index in [0.717, 1.165) is 13.0 Å². The van der Waals surface area contributed by atoms with Gasteiger partial charge in [-0.1, -0.05) is 103 Å². The predicted octanol–water partition coefficient (Wildman–Crippen LogP) is 5.16. The number of unbranched alkanes of at least 4 members (excludes halogenated alkanes) is 15. The van der Waals surface area contributed by atoms with Crippen molar-refractivity contribution >= 4 is 0 Å². The van der Waals surface area contributed by atoms with Crippen LogP contribution in [0.25, 0.3) is 0 Å². The van der Waals surface area contributed by atoms with Crippen LogP contribution >= 0.6 is 0 Å². The van der Waals surface area contributed by atoms with Crippen molar-refractivity contribution in [3.8, 4) is 0 Å². The molecule has 0 saturated carbocycles. The first-order valence-corrected chi connectivity index (χ1v) is 11.4. The second-order valence-electron chi connectivity index (χ2n) is 7.60. The van der Waals surface area contributed by atoms with Gasteiger partial charge in [-0.15, -0.1) is 0 Å². The molecule has 3 N–H and O–H groups in total. The van der Waals surface area contributed by atoms with Gasteiger partial charge in [0, 0.05) is 19.7 Å². The Balaban J connectivity index is 2.97. The Bertz CT molecular complexity index is 250. The zero-order valence-electron chi connectivity index (χ0n) is 17.5. The van der Waals surface area contributed by atoms with Crippen LogP contribution < -0.4 is 5.32 Å². The van der Waals surface area contributed by atoms with Gasteiger partial charge in [0.1, 0.15) is 0 Å². The zero-order valence-corrected chi connectivity index (χ0v) is 17.5. The zero-order chi connectivity index (χ0) is 19.1. The number of nitrogens with one attached hydrogen (secondary N) is 1. The van der Waals surface area contributed by atoms with Crippen molar-refractivity contribution < 1.29 is 14.9 Å². The first-order chi connectivity index (χ1) is 12.8. The van der Waals surface area contributed by atoms with Crippen molar-refractivity contribution in [2.75, 3.05) is 26.3 Å². The molecule has 0 rings (SSSR count). The number of aliphatic hydroxyl groups is 2. The fourth-order valence-corrected chi connectivity index (χ4v) is 3.23. The van der Waals surface area contributed by atoms with Crippen LogP contribution in [0.4, 0.5) is 0 Å². The molecule has 0 aromatic heterocycles. The number of hydrogen-bond donors (Lipinski definition) is 3. The van der Waals surface area contributed by atoms with Gasteiger partial charge in [-0.2, -0.15) is 0 Å². The summed E-state index contributed by atoms with van der Waals surface area (Å²) in [7, 11) is 0. The molecule has 0 fully saturated rings. The predicted molar refractivity (Wildman–Crippen MR) is 111 cm³/mol. The largest absolute Gasteiger partial charge is 0.380 e. The molecule has 0 heterocycles. The van der Waals surface area contributed by atoms with Crippen molar-refractivity contribution in [2.24, 2.45) is 0 Å². The Labute approximate surface area is 163 Å². The van der Waals surface area contributed by atoms with E-state index in [2.05, 4.69) is 12.2 Å². The van der Waals surface area contributed by atoms with Crippen LogP contribution in [0.15, 0.2) is 0 Å². The maximum absolute atomic E-state index is 8.66. The Morgan fingerprint density at radius 2 is 1.04 bits per heavy atom. The lowest BCUT2D eigenvalue weighted by atomic mass is 10.0. The van der Waals surface area contributed by atoms with Crippen molar-refractivity contribution in [3.63, 3.8) is 0 Å². The van der Waals surface area contributed by atoms with E-state index in [1.807, 2.05) is 0 Å². The Morgan fingerprint density at radius 1 is 0.615 bits per heavy atom. The maximum atomic E-state index is 8.66. The molecule has 4 nitrogen and oxygen atoms in total. The number of hydrogen-bond acceptors (Lipinski definition) is 4. The summed E-state index contributed by atoms with van der Waals surface area (Å²) < 4.78 is 5.51. The van der Waals surface area contributed by atoms with Crippen molar-refractivity contribution in [3.05, 3.63) is 0 Å². The highest BCUT2D eigenvalue weighted by Crippen LogP contribution is 2.13. The molecule has 0 aliphatic heterocycles. The summed E-state index contributed by atoms with van der Waals surface area (Å²) in [6.45, 7) is 4.64. The SMILES string of the molecule is CCCCCCCCCCCCCCCCCCOCCNCC(O)O. The Morgan fingerprint density at radius 3 is 1.46 bits per heavy atom. The van der Waals surface area contributed by atoms with E-state index in [1.165, 1.54) is 96.3 Å². The third kappa shape index (κ3) is 23.8. The van der Waals surface area contributed by atoms with E-state index in [1.54, 1.807) is 0 Å². The van der Waals surface area contributed by atoms with E-state index in [9.17, 15) is 0 Å². The van der Waals surface area contributed by atoms with Gasteiger partial charge in [0.2, 0.25) is 0 Å². The molecule has 0 aliphatic carbocycles. The maximum Gasteiger partial charge on any atom is 0.164 e. The van der Waals surface area contributed by atoms with Crippen LogP contribution in [-0.4, -0.2) is 42.8 Å². The highest BCUT2D eigenvalue weighted by molar-refractivity contribution is 4.50. The molecule has 0 aromatic rings. The molecule has 26 heavy (non-hydrogen) atoms. The molecule has 0 radical (unpaired) electrons. The first kappa shape index (κ1) is 25.8. The van der Waals surface area contributed by atoms with Crippen molar-refractivity contribution in [1.29, 1.82) is 0 Å². The summed E-state index contributed by atoms with van der Waals surface area (Å²) in [6.07, 6.45) is 20.9. The summed E-state index contributed by atoms with van der Waals surface area (Å²) in [5.74, 6) is 0. The van der Waals surface area contributed by atoms with Crippen LogP contribution in [0, 0.1) is 0 Å². The fraction of sp³-hybridized carbons (Fsp3) is 1.00. The van der Waals surface area contributed by atoms with Crippen molar-refractivity contribution in [2.45, 2.75) is 116 Å². The average Bonchev–Trinajstić information content (AvgIpc) is 2.62. The fourth-order valence-electron chi connectivity index (χ4n) is 3.23. The lowest BCUT2D eigenvalue weighted by molar-refractivity contribution is -0.0379. The van der Waals surface area contributed by atoms with Crippen LogP contribution in [0.1, 0.15) is 110 Å². The van der Waals surface area contributed by atoms with Crippen LogP contribution in [0.5, 0.6) is 0 Å².